The highest BCUT2D eigenvalue weighted by atomic mass is 16.5. The van der Waals surface area contributed by atoms with Crippen molar-refractivity contribution >= 4 is 5.84 Å². The van der Waals surface area contributed by atoms with Gasteiger partial charge >= 0.3 is 0 Å². The zero-order valence-corrected chi connectivity index (χ0v) is 25.6. The fourth-order valence-electron chi connectivity index (χ4n) is 5.15. The van der Waals surface area contributed by atoms with Crippen LogP contribution in [0.4, 0.5) is 0 Å². The lowest BCUT2D eigenvalue weighted by Crippen LogP contribution is -2.45. The van der Waals surface area contributed by atoms with Crippen LogP contribution in [0.15, 0.2) is 17.8 Å². The van der Waals surface area contributed by atoms with Gasteiger partial charge in [0.05, 0.1) is 0 Å². The van der Waals surface area contributed by atoms with Crippen LogP contribution < -0.4 is 0 Å². The Kier molecular flexibility index (Phi) is 17.9. The highest BCUT2D eigenvalue weighted by Gasteiger charge is 2.24. The Hall–Kier alpha value is -1.35. The van der Waals surface area contributed by atoms with Gasteiger partial charge in [-0.25, -0.2) is 4.99 Å². The van der Waals surface area contributed by atoms with Gasteiger partial charge in [-0.05, 0) is 90.3 Å². The maximum absolute atomic E-state index is 5.62. The van der Waals surface area contributed by atoms with E-state index in [-0.39, 0.29) is 0 Å². The Morgan fingerprint density at radius 2 is 1.68 bits per heavy atom. The first-order valence-corrected chi connectivity index (χ1v) is 15.1. The van der Waals surface area contributed by atoms with Crippen LogP contribution in [0.2, 0.25) is 0 Å². The normalized spacial score (nSPS) is 18.7. The van der Waals surface area contributed by atoms with E-state index >= 15 is 0 Å². The van der Waals surface area contributed by atoms with Crippen LogP contribution in [0.25, 0.3) is 0 Å². The minimum Gasteiger partial charge on any atom is -0.381 e. The molecule has 0 spiro atoms. The molecule has 0 radical (unpaired) electrons. The maximum atomic E-state index is 5.62. The molecule has 1 saturated heterocycles. The van der Waals surface area contributed by atoms with Crippen LogP contribution in [0, 0.1) is 36.0 Å². The van der Waals surface area contributed by atoms with Crippen molar-refractivity contribution in [2.45, 2.75) is 92.5 Å². The summed E-state index contributed by atoms with van der Waals surface area (Å²) in [6.07, 6.45) is 15.3. The van der Waals surface area contributed by atoms with Gasteiger partial charge in [0, 0.05) is 57.6 Å². The number of hydrogen-bond acceptors (Lipinski definition) is 4. The van der Waals surface area contributed by atoms with Gasteiger partial charge in [-0.1, -0.05) is 40.7 Å². The summed E-state index contributed by atoms with van der Waals surface area (Å²) in [7, 11) is 2.29. The molecule has 1 aliphatic heterocycles. The van der Waals surface area contributed by atoms with Crippen LogP contribution in [0.1, 0.15) is 86.5 Å². The van der Waals surface area contributed by atoms with Gasteiger partial charge in [-0.2, -0.15) is 0 Å². The molecular weight excluding hydrogens is 456 g/mol. The number of amidine groups is 1. The lowest BCUT2D eigenvalue weighted by molar-refractivity contribution is 0.0509. The van der Waals surface area contributed by atoms with Gasteiger partial charge in [0.1, 0.15) is 5.84 Å². The third-order valence-corrected chi connectivity index (χ3v) is 8.57. The second-order valence-corrected chi connectivity index (χ2v) is 11.7. The predicted octanol–water partition coefficient (Wildman–Crippen LogP) is 6.41. The van der Waals surface area contributed by atoms with E-state index in [0.717, 1.165) is 69.6 Å². The van der Waals surface area contributed by atoms with Crippen molar-refractivity contribution in [2.75, 3.05) is 59.5 Å². The molecule has 1 aliphatic carbocycles. The highest BCUT2D eigenvalue weighted by Crippen LogP contribution is 2.24. The van der Waals surface area contributed by atoms with Crippen molar-refractivity contribution in [3.8, 4) is 12.3 Å². The molecule has 5 nitrogen and oxygen atoms in total. The quantitative estimate of drug-likeness (QED) is 0.135. The Bertz CT molecular complexity index is 660. The number of terminal acetylenes is 1. The molecule has 0 aromatic carbocycles. The van der Waals surface area contributed by atoms with Gasteiger partial charge in [-0.3, -0.25) is 0 Å². The molecule has 1 heterocycles. The van der Waals surface area contributed by atoms with Crippen LogP contribution in [0.5, 0.6) is 0 Å². The van der Waals surface area contributed by atoms with E-state index in [9.17, 15) is 0 Å². The number of rotatable bonds is 16. The highest BCUT2D eigenvalue weighted by molar-refractivity contribution is 5.85. The lowest BCUT2D eigenvalue weighted by atomic mass is 9.92. The number of hydrogen-bond donors (Lipinski definition) is 0. The molecule has 2 fully saturated rings. The van der Waals surface area contributed by atoms with Crippen LogP contribution in [-0.4, -0.2) is 86.1 Å². The average Bonchev–Trinajstić information content (AvgIpc) is 2.84. The predicted molar refractivity (Wildman–Crippen MR) is 162 cm³/mol. The summed E-state index contributed by atoms with van der Waals surface area (Å²) in [6.45, 7) is 26.0. The number of ether oxygens (including phenoxy) is 1. The van der Waals surface area contributed by atoms with Crippen molar-refractivity contribution in [1.82, 2.24) is 14.7 Å². The summed E-state index contributed by atoms with van der Waals surface area (Å²) in [4.78, 5) is 12.6. The van der Waals surface area contributed by atoms with E-state index in [4.69, 9.17) is 9.73 Å². The Morgan fingerprint density at radius 1 is 1.05 bits per heavy atom. The SMILES string of the molecule is C#CC.C=CN=C(C(C)CCN(CCC(C)C(C)C)CC1CCOCC1)N(CC)CCN(C)C1CCC1. The van der Waals surface area contributed by atoms with Gasteiger partial charge in [0.15, 0.2) is 0 Å². The third kappa shape index (κ3) is 13.3. The first-order valence-electron chi connectivity index (χ1n) is 15.1. The average molecular weight is 517 g/mol. The molecular formula is C32H60N4O. The van der Waals surface area contributed by atoms with Crippen molar-refractivity contribution in [1.29, 1.82) is 0 Å². The minimum atomic E-state index is 0.437. The molecule has 0 aromatic heterocycles. The Balaban J connectivity index is 0.00000217. The molecule has 0 aromatic rings. The van der Waals surface area contributed by atoms with Gasteiger partial charge < -0.3 is 19.4 Å². The third-order valence-electron chi connectivity index (χ3n) is 8.57. The first-order chi connectivity index (χ1) is 17.8. The number of nitrogens with zero attached hydrogens (tertiary/aromatic N) is 4. The second-order valence-electron chi connectivity index (χ2n) is 11.7. The summed E-state index contributed by atoms with van der Waals surface area (Å²) in [5.41, 5.74) is 0. The van der Waals surface area contributed by atoms with E-state index < -0.39 is 0 Å². The van der Waals surface area contributed by atoms with E-state index in [0.29, 0.717) is 5.92 Å². The monoisotopic (exact) mass is 516 g/mol. The molecule has 1 saturated carbocycles. The summed E-state index contributed by atoms with van der Waals surface area (Å²) in [5.74, 6) is 6.23. The molecule has 0 amide bonds. The summed E-state index contributed by atoms with van der Waals surface area (Å²) in [5, 5.41) is 0. The smallest absolute Gasteiger partial charge is 0.107 e. The largest absolute Gasteiger partial charge is 0.381 e. The van der Waals surface area contributed by atoms with Crippen molar-refractivity contribution in [3.63, 3.8) is 0 Å². The molecule has 2 atom stereocenters. The fraction of sp³-hybridized carbons (Fsp3) is 0.844. The van der Waals surface area contributed by atoms with Crippen LogP contribution in [0.3, 0.4) is 0 Å². The van der Waals surface area contributed by atoms with Gasteiger partial charge in [-0.15, -0.1) is 12.3 Å². The molecule has 5 heteroatoms. The van der Waals surface area contributed by atoms with E-state index in [2.05, 4.69) is 75.3 Å². The Morgan fingerprint density at radius 3 is 2.19 bits per heavy atom. The van der Waals surface area contributed by atoms with E-state index in [1.807, 2.05) is 0 Å². The molecule has 2 rings (SSSR count). The standard InChI is InChI=1S/C29H56N4O.C3H4/c1-8-30-29(33(9-2)20-19-31(7)28-11-10-12-28)26(6)14-18-32(17-13-25(5)24(3)4)23-27-15-21-34-22-16-27;1-3-2/h8,24-28H,1,9-23H2,2-7H3;1H,2H3. The first kappa shape index (κ1) is 33.7. The molecule has 2 aliphatic rings. The molecule has 37 heavy (non-hydrogen) atoms. The topological polar surface area (TPSA) is 31.3 Å². The van der Waals surface area contributed by atoms with Crippen LogP contribution in [-0.2, 0) is 4.74 Å². The molecule has 0 bridgehead atoms. The van der Waals surface area contributed by atoms with Gasteiger partial charge in [0.25, 0.3) is 0 Å². The number of aliphatic imine (C=N–C) groups is 1. The second kappa shape index (κ2) is 19.7. The van der Waals surface area contributed by atoms with E-state index in [1.165, 1.54) is 57.5 Å². The summed E-state index contributed by atoms with van der Waals surface area (Å²) >= 11 is 0. The lowest BCUT2D eigenvalue weighted by Gasteiger charge is -2.37. The fourth-order valence-corrected chi connectivity index (χ4v) is 5.15. The maximum Gasteiger partial charge on any atom is 0.107 e. The van der Waals surface area contributed by atoms with Crippen LogP contribution >= 0.6 is 0 Å². The van der Waals surface area contributed by atoms with Crippen molar-refractivity contribution in [3.05, 3.63) is 12.8 Å². The molecule has 0 N–H and O–H groups in total. The van der Waals surface area contributed by atoms with Crippen molar-refractivity contribution in [2.24, 2.45) is 28.7 Å². The van der Waals surface area contributed by atoms with Gasteiger partial charge in [0.2, 0.25) is 0 Å². The molecule has 2 unspecified atom stereocenters. The zero-order valence-electron chi connectivity index (χ0n) is 25.6. The Labute approximate surface area is 231 Å². The van der Waals surface area contributed by atoms with Crippen molar-refractivity contribution < 1.29 is 4.74 Å². The summed E-state index contributed by atoms with van der Waals surface area (Å²) in [6, 6.07) is 0.794. The minimum absolute atomic E-state index is 0.437. The van der Waals surface area contributed by atoms with E-state index in [1.54, 1.807) is 13.1 Å². The molecule has 214 valence electrons. The summed E-state index contributed by atoms with van der Waals surface area (Å²) < 4.78 is 5.62. The number of likely N-dealkylation sites (N-methyl/N-ethyl adjacent to an activating group) is 2. The zero-order chi connectivity index (χ0) is 27.6.